The molecule has 3 atom stereocenters. The van der Waals surface area contributed by atoms with E-state index in [0.717, 1.165) is 12.5 Å². The predicted molar refractivity (Wildman–Crippen MR) is 58.8 cm³/mol. The van der Waals surface area contributed by atoms with E-state index in [-0.39, 0.29) is 0 Å². The van der Waals surface area contributed by atoms with Gasteiger partial charge in [0.15, 0.2) is 0 Å². The highest BCUT2D eigenvalue weighted by Gasteiger charge is 2.39. The van der Waals surface area contributed by atoms with Crippen molar-refractivity contribution in [1.82, 2.24) is 4.90 Å². The third kappa shape index (κ3) is 2.33. The first-order chi connectivity index (χ1) is 7.18. The van der Waals surface area contributed by atoms with Crippen LogP contribution >= 0.6 is 0 Å². The standard InChI is InChI=1S/C12H21NO2/c1-9-8-10-4-2-3-5-11(10)13(9)7-6-12(14)15/h9-11H,2-8H2,1H3,(H,14,15). The van der Waals surface area contributed by atoms with E-state index in [1.54, 1.807) is 0 Å². The molecule has 2 fully saturated rings. The summed E-state index contributed by atoms with van der Waals surface area (Å²) in [7, 11) is 0. The van der Waals surface area contributed by atoms with E-state index in [2.05, 4.69) is 11.8 Å². The van der Waals surface area contributed by atoms with Crippen molar-refractivity contribution in [3.8, 4) is 0 Å². The van der Waals surface area contributed by atoms with Crippen LogP contribution in [0.4, 0.5) is 0 Å². The number of carboxylic acid groups (broad SMARTS) is 1. The molecule has 0 radical (unpaired) electrons. The molecule has 2 rings (SSSR count). The van der Waals surface area contributed by atoms with Crippen molar-refractivity contribution < 1.29 is 9.90 Å². The van der Waals surface area contributed by atoms with Gasteiger partial charge in [-0.05, 0) is 32.1 Å². The first-order valence-corrected chi connectivity index (χ1v) is 6.16. The van der Waals surface area contributed by atoms with Gasteiger partial charge in [0.25, 0.3) is 0 Å². The molecule has 1 N–H and O–H groups in total. The SMILES string of the molecule is CC1CC2CCCCC2N1CCC(=O)O. The molecule has 1 aliphatic carbocycles. The maximum absolute atomic E-state index is 10.6. The molecule has 1 heterocycles. The van der Waals surface area contributed by atoms with Crippen molar-refractivity contribution in [3.63, 3.8) is 0 Å². The van der Waals surface area contributed by atoms with E-state index in [1.165, 1.54) is 32.1 Å². The van der Waals surface area contributed by atoms with Crippen molar-refractivity contribution in [2.45, 2.75) is 57.5 Å². The minimum absolute atomic E-state index is 0.299. The van der Waals surface area contributed by atoms with Crippen molar-refractivity contribution >= 4 is 5.97 Å². The summed E-state index contributed by atoms with van der Waals surface area (Å²) in [6, 6.07) is 1.28. The number of likely N-dealkylation sites (tertiary alicyclic amines) is 1. The smallest absolute Gasteiger partial charge is 0.304 e. The third-order valence-corrected chi connectivity index (χ3v) is 4.09. The van der Waals surface area contributed by atoms with Crippen molar-refractivity contribution in [1.29, 1.82) is 0 Å². The molecule has 0 aromatic carbocycles. The molecule has 3 unspecified atom stereocenters. The summed E-state index contributed by atoms with van der Waals surface area (Å²) in [4.78, 5) is 13.0. The number of nitrogens with zero attached hydrogens (tertiary/aromatic N) is 1. The van der Waals surface area contributed by atoms with E-state index in [0.29, 0.717) is 18.5 Å². The van der Waals surface area contributed by atoms with Crippen molar-refractivity contribution in [2.24, 2.45) is 5.92 Å². The van der Waals surface area contributed by atoms with E-state index in [1.807, 2.05) is 0 Å². The third-order valence-electron chi connectivity index (χ3n) is 4.09. The van der Waals surface area contributed by atoms with E-state index in [4.69, 9.17) is 5.11 Å². The van der Waals surface area contributed by atoms with Crippen LogP contribution in [-0.2, 0) is 4.79 Å². The molecular weight excluding hydrogens is 190 g/mol. The maximum Gasteiger partial charge on any atom is 0.304 e. The molecule has 0 aromatic heterocycles. The fourth-order valence-electron chi connectivity index (χ4n) is 3.41. The topological polar surface area (TPSA) is 40.5 Å². The van der Waals surface area contributed by atoms with Gasteiger partial charge >= 0.3 is 5.97 Å². The molecule has 0 spiro atoms. The normalized spacial score (nSPS) is 36.5. The van der Waals surface area contributed by atoms with Gasteiger partial charge in [0.2, 0.25) is 0 Å². The van der Waals surface area contributed by atoms with Crippen LogP contribution in [-0.4, -0.2) is 34.6 Å². The molecule has 1 saturated carbocycles. The zero-order valence-corrected chi connectivity index (χ0v) is 9.48. The van der Waals surface area contributed by atoms with Gasteiger partial charge in [-0.25, -0.2) is 0 Å². The molecule has 15 heavy (non-hydrogen) atoms. The summed E-state index contributed by atoms with van der Waals surface area (Å²) < 4.78 is 0. The van der Waals surface area contributed by atoms with E-state index in [9.17, 15) is 4.79 Å². The van der Waals surface area contributed by atoms with Crippen LogP contribution < -0.4 is 0 Å². The molecule has 3 nitrogen and oxygen atoms in total. The second kappa shape index (κ2) is 4.52. The molecule has 3 heteroatoms. The maximum atomic E-state index is 10.6. The first kappa shape index (κ1) is 10.9. The Hall–Kier alpha value is -0.570. The Morgan fingerprint density at radius 3 is 2.87 bits per heavy atom. The zero-order valence-electron chi connectivity index (χ0n) is 9.48. The molecule has 0 bridgehead atoms. The number of aliphatic carboxylic acids is 1. The fraction of sp³-hybridized carbons (Fsp3) is 0.917. The quantitative estimate of drug-likeness (QED) is 0.777. The lowest BCUT2D eigenvalue weighted by molar-refractivity contribution is -0.137. The van der Waals surface area contributed by atoms with Crippen LogP contribution in [0.15, 0.2) is 0 Å². The minimum Gasteiger partial charge on any atom is -0.481 e. The summed E-state index contributed by atoms with van der Waals surface area (Å²) in [5.74, 6) is 0.184. The zero-order chi connectivity index (χ0) is 10.8. The van der Waals surface area contributed by atoms with Gasteiger partial charge in [0, 0.05) is 18.6 Å². The average Bonchev–Trinajstić information content (AvgIpc) is 2.50. The molecular formula is C12H21NO2. The number of carbonyl (C=O) groups is 1. The number of hydrogen-bond acceptors (Lipinski definition) is 2. The van der Waals surface area contributed by atoms with Crippen molar-refractivity contribution in [2.75, 3.05) is 6.54 Å². The lowest BCUT2D eigenvalue weighted by Crippen LogP contribution is -2.39. The van der Waals surface area contributed by atoms with Gasteiger partial charge in [-0.15, -0.1) is 0 Å². The number of fused-ring (bicyclic) bond motifs is 1. The van der Waals surface area contributed by atoms with Crippen LogP contribution in [0.2, 0.25) is 0 Å². The van der Waals surface area contributed by atoms with Gasteiger partial charge in [-0.3, -0.25) is 9.69 Å². The molecule has 86 valence electrons. The number of rotatable bonds is 3. The molecule has 0 amide bonds. The summed E-state index contributed by atoms with van der Waals surface area (Å²) in [6.45, 7) is 3.00. The number of carboxylic acids is 1. The predicted octanol–water partition coefficient (Wildman–Crippen LogP) is 2.11. The van der Waals surface area contributed by atoms with Gasteiger partial charge < -0.3 is 5.11 Å². The van der Waals surface area contributed by atoms with Gasteiger partial charge in [0.05, 0.1) is 6.42 Å². The average molecular weight is 211 g/mol. The fourth-order valence-corrected chi connectivity index (χ4v) is 3.41. The Kier molecular flexibility index (Phi) is 3.29. The Balaban J connectivity index is 1.94. The Morgan fingerprint density at radius 2 is 2.13 bits per heavy atom. The van der Waals surface area contributed by atoms with Crippen LogP contribution in [0.5, 0.6) is 0 Å². The number of hydrogen-bond donors (Lipinski definition) is 1. The largest absolute Gasteiger partial charge is 0.481 e. The van der Waals surface area contributed by atoms with Gasteiger partial charge in [-0.2, -0.15) is 0 Å². The molecule has 1 saturated heterocycles. The molecule has 2 aliphatic rings. The van der Waals surface area contributed by atoms with Gasteiger partial charge in [0.1, 0.15) is 0 Å². The Bertz CT molecular complexity index is 242. The molecule has 0 aromatic rings. The summed E-state index contributed by atoms with van der Waals surface area (Å²) >= 11 is 0. The Morgan fingerprint density at radius 1 is 1.40 bits per heavy atom. The van der Waals surface area contributed by atoms with E-state index >= 15 is 0 Å². The molecule has 1 aliphatic heterocycles. The summed E-state index contributed by atoms with van der Waals surface area (Å²) in [6.07, 6.45) is 6.93. The summed E-state index contributed by atoms with van der Waals surface area (Å²) in [5, 5.41) is 8.73. The highest BCUT2D eigenvalue weighted by molar-refractivity contribution is 5.66. The highest BCUT2D eigenvalue weighted by Crippen LogP contribution is 2.39. The van der Waals surface area contributed by atoms with Crippen molar-refractivity contribution in [3.05, 3.63) is 0 Å². The summed E-state index contributed by atoms with van der Waals surface area (Å²) in [5.41, 5.74) is 0. The monoisotopic (exact) mass is 211 g/mol. The second-order valence-electron chi connectivity index (χ2n) is 5.08. The lowest BCUT2D eigenvalue weighted by Gasteiger charge is -2.32. The van der Waals surface area contributed by atoms with E-state index < -0.39 is 5.97 Å². The first-order valence-electron chi connectivity index (χ1n) is 6.16. The Labute approximate surface area is 91.5 Å². The highest BCUT2D eigenvalue weighted by atomic mass is 16.4. The second-order valence-corrected chi connectivity index (χ2v) is 5.08. The van der Waals surface area contributed by atoms with Crippen LogP contribution in [0.25, 0.3) is 0 Å². The van der Waals surface area contributed by atoms with Crippen LogP contribution in [0.1, 0.15) is 45.4 Å². The van der Waals surface area contributed by atoms with Gasteiger partial charge in [-0.1, -0.05) is 12.8 Å². The van der Waals surface area contributed by atoms with Crippen LogP contribution in [0.3, 0.4) is 0 Å². The lowest BCUT2D eigenvalue weighted by atomic mass is 9.85. The van der Waals surface area contributed by atoms with Crippen LogP contribution in [0, 0.1) is 5.92 Å². The minimum atomic E-state index is -0.665.